The van der Waals surface area contributed by atoms with Crippen molar-refractivity contribution in [2.45, 2.75) is 32.2 Å². The summed E-state index contributed by atoms with van der Waals surface area (Å²) in [5, 5.41) is 3.46. The summed E-state index contributed by atoms with van der Waals surface area (Å²) in [6.45, 7) is 9.61. The normalized spacial score (nSPS) is 30.5. The minimum Gasteiger partial charge on any atom is -0.314 e. The third-order valence-corrected chi connectivity index (χ3v) is 3.15. The van der Waals surface area contributed by atoms with Gasteiger partial charge in [-0.15, -0.1) is 0 Å². The summed E-state index contributed by atoms with van der Waals surface area (Å²) in [4.78, 5) is 2.65. The summed E-state index contributed by atoms with van der Waals surface area (Å²) >= 11 is 0. The monoisotopic (exact) mass is 168 g/mol. The molecule has 0 unspecified atom stereocenters. The van der Waals surface area contributed by atoms with Crippen LogP contribution >= 0.6 is 0 Å². The smallest absolute Gasteiger partial charge is 0.0278 e. The zero-order chi connectivity index (χ0) is 8.60. The van der Waals surface area contributed by atoms with Gasteiger partial charge in [0.2, 0.25) is 0 Å². The maximum absolute atomic E-state index is 3.46. The first-order chi connectivity index (χ1) is 5.68. The van der Waals surface area contributed by atoms with E-state index in [1.165, 1.54) is 32.5 Å². The summed E-state index contributed by atoms with van der Waals surface area (Å²) in [6.07, 6.45) is 2.94. The highest BCUT2D eigenvalue weighted by atomic mass is 15.2. The number of hydrogen-bond acceptors (Lipinski definition) is 2. The fraction of sp³-hybridized carbons (Fsp3) is 1.00. The average molecular weight is 168 g/mol. The second-order valence-electron chi connectivity index (χ2n) is 4.88. The van der Waals surface area contributed by atoms with Crippen molar-refractivity contribution >= 4 is 0 Å². The summed E-state index contributed by atoms with van der Waals surface area (Å²) < 4.78 is 0. The van der Waals surface area contributed by atoms with E-state index in [2.05, 4.69) is 24.1 Å². The highest BCUT2D eigenvalue weighted by molar-refractivity contribution is 4.91. The van der Waals surface area contributed by atoms with Crippen LogP contribution in [0.4, 0.5) is 0 Å². The molecule has 1 saturated carbocycles. The molecular formula is C10H20N2. The molecule has 0 aromatic rings. The second kappa shape index (κ2) is 3.00. The van der Waals surface area contributed by atoms with E-state index >= 15 is 0 Å². The molecule has 2 nitrogen and oxygen atoms in total. The molecule has 2 aliphatic rings. The van der Waals surface area contributed by atoms with E-state index in [4.69, 9.17) is 0 Å². The molecule has 1 saturated heterocycles. The van der Waals surface area contributed by atoms with Gasteiger partial charge in [0.15, 0.2) is 0 Å². The minimum absolute atomic E-state index is 0.390. The van der Waals surface area contributed by atoms with Crippen LogP contribution in [0.1, 0.15) is 26.7 Å². The Morgan fingerprint density at radius 3 is 2.75 bits per heavy atom. The van der Waals surface area contributed by atoms with Crippen LogP contribution in [0.25, 0.3) is 0 Å². The van der Waals surface area contributed by atoms with E-state index in [-0.39, 0.29) is 0 Å². The topological polar surface area (TPSA) is 15.3 Å². The van der Waals surface area contributed by atoms with Gasteiger partial charge in [-0.3, -0.25) is 4.90 Å². The molecule has 12 heavy (non-hydrogen) atoms. The van der Waals surface area contributed by atoms with Crippen LogP contribution in [0, 0.1) is 5.92 Å². The Labute approximate surface area is 75.3 Å². The molecule has 0 atom stereocenters. The Morgan fingerprint density at radius 1 is 1.42 bits per heavy atom. The molecule has 70 valence electrons. The lowest BCUT2D eigenvalue weighted by Crippen LogP contribution is -2.58. The van der Waals surface area contributed by atoms with Gasteiger partial charge >= 0.3 is 0 Å². The van der Waals surface area contributed by atoms with Gasteiger partial charge in [0.1, 0.15) is 0 Å². The Hall–Kier alpha value is -0.0800. The van der Waals surface area contributed by atoms with Crippen molar-refractivity contribution in [3.05, 3.63) is 0 Å². The van der Waals surface area contributed by atoms with Crippen molar-refractivity contribution in [2.75, 3.05) is 26.2 Å². The Bertz CT molecular complexity index is 161. The first-order valence-corrected chi connectivity index (χ1v) is 5.14. The number of piperazine rings is 1. The molecule has 0 bridgehead atoms. The molecule has 1 N–H and O–H groups in total. The maximum Gasteiger partial charge on any atom is 0.0278 e. The lowest BCUT2D eigenvalue weighted by Gasteiger charge is -2.43. The van der Waals surface area contributed by atoms with E-state index in [1.807, 2.05) is 0 Å². The quantitative estimate of drug-likeness (QED) is 0.664. The highest BCUT2D eigenvalue weighted by Crippen LogP contribution is 2.32. The van der Waals surface area contributed by atoms with Gasteiger partial charge in [-0.2, -0.15) is 0 Å². The molecule has 1 heterocycles. The third-order valence-electron chi connectivity index (χ3n) is 3.15. The lowest BCUT2D eigenvalue weighted by atomic mass is 10.00. The Balaban J connectivity index is 1.90. The first-order valence-electron chi connectivity index (χ1n) is 5.14. The zero-order valence-electron chi connectivity index (χ0n) is 8.27. The van der Waals surface area contributed by atoms with Crippen LogP contribution in [0.5, 0.6) is 0 Å². The predicted molar refractivity (Wildman–Crippen MR) is 51.2 cm³/mol. The van der Waals surface area contributed by atoms with Crippen LogP contribution in [0.15, 0.2) is 0 Å². The highest BCUT2D eigenvalue weighted by Gasteiger charge is 2.33. The standard InChI is InChI=1S/C10H20N2/c1-10(2)8-11-5-6-12(10)7-9-3-4-9/h9,11H,3-8H2,1-2H3. The van der Waals surface area contributed by atoms with Crippen LogP contribution in [-0.2, 0) is 0 Å². The van der Waals surface area contributed by atoms with Crippen LogP contribution < -0.4 is 5.32 Å². The van der Waals surface area contributed by atoms with Crippen LogP contribution in [0.3, 0.4) is 0 Å². The lowest BCUT2D eigenvalue weighted by molar-refractivity contribution is 0.0855. The SMILES string of the molecule is CC1(C)CNCCN1CC1CC1. The second-order valence-corrected chi connectivity index (χ2v) is 4.88. The average Bonchev–Trinajstić information content (AvgIpc) is 2.77. The van der Waals surface area contributed by atoms with Crippen LogP contribution in [0.2, 0.25) is 0 Å². The van der Waals surface area contributed by atoms with E-state index in [9.17, 15) is 0 Å². The molecule has 0 spiro atoms. The van der Waals surface area contributed by atoms with Crippen molar-refractivity contribution in [3.63, 3.8) is 0 Å². The predicted octanol–water partition coefficient (Wildman–Crippen LogP) is 1.08. The number of rotatable bonds is 2. The molecule has 0 amide bonds. The summed E-state index contributed by atoms with van der Waals surface area (Å²) in [5.41, 5.74) is 0.390. The number of nitrogens with zero attached hydrogens (tertiary/aromatic N) is 1. The molecule has 0 aromatic heterocycles. The molecule has 2 rings (SSSR count). The summed E-state index contributed by atoms with van der Waals surface area (Å²) in [7, 11) is 0. The molecular weight excluding hydrogens is 148 g/mol. The molecule has 1 aliphatic carbocycles. The van der Waals surface area contributed by atoms with Gasteiger partial charge in [-0.1, -0.05) is 0 Å². The number of hydrogen-bond donors (Lipinski definition) is 1. The van der Waals surface area contributed by atoms with Crippen molar-refractivity contribution in [1.29, 1.82) is 0 Å². The minimum atomic E-state index is 0.390. The van der Waals surface area contributed by atoms with E-state index in [1.54, 1.807) is 0 Å². The fourth-order valence-electron chi connectivity index (χ4n) is 1.97. The van der Waals surface area contributed by atoms with Crippen molar-refractivity contribution < 1.29 is 0 Å². The number of nitrogens with one attached hydrogen (secondary N) is 1. The van der Waals surface area contributed by atoms with Gasteiger partial charge in [-0.25, -0.2) is 0 Å². The summed E-state index contributed by atoms with van der Waals surface area (Å²) in [5.74, 6) is 1.03. The molecule has 2 heteroatoms. The molecule has 0 aromatic carbocycles. The Morgan fingerprint density at radius 2 is 2.17 bits per heavy atom. The van der Waals surface area contributed by atoms with Gasteiger partial charge in [0.05, 0.1) is 0 Å². The van der Waals surface area contributed by atoms with Gasteiger partial charge < -0.3 is 5.32 Å². The molecule has 0 radical (unpaired) electrons. The van der Waals surface area contributed by atoms with Crippen molar-refractivity contribution in [2.24, 2.45) is 5.92 Å². The Kier molecular flexibility index (Phi) is 2.13. The molecule has 1 aliphatic heterocycles. The van der Waals surface area contributed by atoms with Gasteiger partial charge in [-0.05, 0) is 32.6 Å². The largest absolute Gasteiger partial charge is 0.314 e. The van der Waals surface area contributed by atoms with Crippen LogP contribution in [-0.4, -0.2) is 36.6 Å². The molecule has 2 fully saturated rings. The zero-order valence-corrected chi connectivity index (χ0v) is 8.27. The van der Waals surface area contributed by atoms with Crippen molar-refractivity contribution in [3.8, 4) is 0 Å². The first kappa shape index (κ1) is 8.52. The third kappa shape index (κ3) is 1.80. The van der Waals surface area contributed by atoms with Crippen molar-refractivity contribution in [1.82, 2.24) is 10.2 Å². The maximum atomic E-state index is 3.46. The van der Waals surface area contributed by atoms with E-state index in [0.717, 1.165) is 12.5 Å². The summed E-state index contributed by atoms with van der Waals surface area (Å²) in [6, 6.07) is 0. The van der Waals surface area contributed by atoms with E-state index in [0.29, 0.717) is 5.54 Å². The fourth-order valence-corrected chi connectivity index (χ4v) is 1.97. The van der Waals surface area contributed by atoms with E-state index < -0.39 is 0 Å². The van der Waals surface area contributed by atoms with Gasteiger partial charge in [0.25, 0.3) is 0 Å². The van der Waals surface area contributed by atoms with Gasteiger partial charge in [0, 0.05) is 31.7 Å².